The molecule has 0 amide bonds. The zero-order valence-corrected chi connectivity index (χ0v) is 8.48. The molecule has 0 aliphatic heterocycles. The molecule has 1 rings (SSSR count). The van der Waals surface area contributed by atoms with Crippen molar-refractivity contribution in [3.05, 3.63) is 33.7 Å². The molecular formula is C11H14N2O. The van der Waals surface area contributed by atoms with Crippen molar-refractivity contribution in [1.29, 1.82) is 0 Å². The van der Waals surface area contributed by atoms with Crippen LogP contribution in [0.5, 0.6) is 0 Å². The van der Waals surface area contributed by atoms with E-state index in [1.54, 1.807) is 12.3 Å². The zero-order chi connectivity index (χ0) is 10.4. The predicted octanol–water partition coefficient (Wildman–Crippen LogP) is 0.644. The van der Waals surface area contributed by atoms with Crippen molar-refractivity contribution < 1.29 is 0 Å². The molecule has 0 bridgehead atoms. The van der Waals surface area contributed by atoms with Crippen LogP contribution in [0.3, 0.4) is 0 Å². The van der Waals surface area contributed by atoms with Gasteiger partial charge in [-0.05, 0) is 25.6 Å². The highest BCUT2D eigenvalue weighted by Gasteiger charge is 1.93. The number of nitrogens with one attached hydrogen (secondary N) is 2. The van der Waals surface area contributed by atoms with E-state index in [0.717, 1.165) is 18.5 Å². The Balaban J connectivity index is 2.78. The molecule has 0 atom stereocenters. The van der Waals surface area contributed by atoms with Gasteiger partial charge in [-0.15, -0.1) is 0 Å². The van der Waals surface area contributed by atoms with Crippen LogP contribution in [0, 0.1) is 18.8 Å². The number of aromatic amines is 1. The van der Waals surface area contributed by atoms with Crippen LogP contribution in [0.4, 0.5) is 0 Å². The largest absolute Gasteiger partial charge is 0.328 e. The lowest BCUT2D eigenvalue weighted by Crippen LogP contribution is -2.09. The van der Waals surface area contributed by atoms with Gasteiger partial charge in [0, 0.05) is 19.2 Å². The average Bonchev–Trinajstić information content (AvgIpc) is 2.18. The van der Waals surface area contributed by atoms with Gasteiger partial charge in [-0.3, -0.25) is 4.79 Å². The van der Waals surface area contributed by atoms with Gasteiger partial charge in [0.2, 0.25) is 0 Å². The van der Waals surface area contributed by atoms with Gasteiger partial charge in [-0.25, -0.2) is 0 Å². The number of hydrogen-bond acceptors (Lipinski definition) is 2. The summed E-state index contributed by atoms with van der Waals surface area (Å²) in [4.78, 5) is 13.9. The molecule has 0 fully saturated rings. The lowest BCUT2D eigenvalue weighted by molar-refractivity contribution is 0.818. The van der Waals surface area contributed by atoms with Crippen molar-refractivity contribution in [2.45, 2.75) is 13.3 Å². The molecule has 0 saturated heterocycles. The lowest BCUT2D eigenvalue weighted by Gasteiger charge is -1.92. The third kappa shape index (κ3) is 3.08. The Labute approximate surface area is 83.6 Å². The second-order valence-electron chi connectivity index (χ2n) is 3.08. The van der Waals surface area contributed by atoms with Gasteiger partial charge < -0.3 is 10.3 Å². The van der Waals surface area contributed by atoms with Crippen LogP contribution in [0.2, 0.25) is 0 Å². The van der Waals surface area contributed by atoms with E-state index in [0.29, 0.717) is 5.56 Å². The Morgan fingerprint density at radius 2 is 2.36 bits per heavy atom. The van der Waals surface area contributed by atoms with Crippen molar-refractivity contribution >= 4 is 0 Å². The first kappa shape index (κ1) is 10.6. The van der Waals surface area contributed by atoms with E-state index in [9.17, 15) is 4.79 Å². The van der Waals surface area contributed by atoms with Crippen molar-refractivity contribution in [2.24, 2.45) is 0 Å². The minimum Gasteiger partial charge on any atom is -0.328 e. The van der Waals surface area contributed by atoms with Crippen LogP contribution in [0.25, 0.3) is 0 Å². The number of rotatable bonds is 2. The van der Waals surface area contributed by atoms with Crippen molar-refractivity contribution in [3.63, 3.8) is 0 Å². The standard InChI is InChI=1S/C11H14N2O/c1-9-7-10(11(14)13-8-9)5-3-4-6-12-2/h7-8,12H,4,6H2,1-2H3,(H,13,14). The summed E-state index contributed by atoms with van der Waals surface area (Å²) in [5.74, 6) is 5.79. The summed E-state index contributed by atoms with van der Waals surface area (Å²) < 4.78 is 0. The third-order valence-corrected chi connectivity index (χ3v) is 1.77. The molecule has 74 valence electrons. The first-order valence-corrected chi connectivity index (χ1v) is 4.57. The molecule has 0 aliphatic rings. The zero-order valence-electron chi connectivity index (χ0n) is 8.48. The fourth-order valence-corrected chi connectivity index (χ4v) is 1.03. The normalized spacial score (nSPS) is 9.29. The average molecular weight is 190 g/mol. The molecule has 14 heavy (non-hydrogen) atoms. The SMILES string of the molecule is CNCCC#Cc1cc(C)c[nH]c1=O. The second-order valence-corrected chi connectivity index (χ2v) is 3.08. The van der Waals surface area contributed by atoms with Gasteiger partial charge in [0.25, 0.3) is 5.56 Å². The maximum Gasteiger partial charge on any atom is 0.263 e. The highest BCUT2D eigenvalue weighted by atomic mass is 16.1. The van der Waals surface area contributed by atoms with E-state index in [1.807, 2.05) is 14.0 Å². The molecule has 0 aromatic carbocycles. The van der Waals surface area contributed by atoms with Crippen LogP contribution in [-0.2, 0) is 0 Å². The summed E-state index contributed by atoms with van der Waals surface area (Å²) >= 11 is 0. The summed E-state index contributed by atoms with van der Waals surface area (Å²) in [6.45, 7) is 2.77. The fourth-order valence-electron chi connectivity index (χ4n) is 1.03. The molecule has 0 spiro atoms. The molecule has 3 heteroatoms. The Morgan fingerprint density at radius 1 is 1.57 bits per heavy atom. The minimum atomic E-state index is -0.118. The van der Waals surface area contributed by atoms with Gasteiger partial charge >= 0.3 is 0 Å². The quantitative estimate of drug-likeness (QED) is 0.531. The van der Waals surface area contributed by atoms with E-state index in [4.69, 9.17) is 0 Å². The lowest BCUT2D eigenvalue weighted by atomic mass is 10.2. The van der Waals surface area contributed by atoms with E-state index in [-0.39, 0.29) is 5.56 Å². The molecule has 1 aromatic rings. The summed E-state index contributed by atoms with van der Waals surface area (Å²) in [5, 5.41) is 2.99. The van der Waals surface area contributed by atoms with Gasteiger partial charge in [-0.1, -0.05) is 11.8 Å². The summed E-state index contributed by atoms with van der Waals surface area (Å²) in [5.41, 5.74) is 1.44. The molecule has 0 unspecified atom stereocenters. The molecule has 2 N–H and O–H groups in total. The number of aromatic nitrogens is 1. The molecule has 3 nitrogen and oxygen atoms in total. The van der Waals surface area contributed by atoms with E-state index >= 15 is 0 Å². The van der Waals surface area contributed by atoms with E-state index < -0.39 is 0 Å². The van der Waals surface area contributed by atoms with Crippen molar-refractivity contribution in [1.82, 2.24) is 10.3 Å². The second kappa shape index (κ2) is 5.25. The molecule has 0 saturated carbocycles. The molecular weight excluding hydrogens is 176 g/mol. The number of H-pyrrole nitrogens is 1. The van der Waals surface area contributed by atoms with Crippen molar-refractivity contribution in [2.75, 3.05) is 13.6 Å². The predicted molar refractivity (Wildman–Crippen MR) is 57.2 cm³/mol. The first-order chi connectivity index (χ1) is 6.74. The van der Waals surface area contributed by atoms with Gasteiger partial charge in [-0.2, -0.15) is 0 Å². The Morgan fingerprint density at radius 3 is 3.07 bits per heavy atom. The van der Waals surface area contributed by atoms with Crippen LogP contribution in [0.15, 0.2) is 17.1 Å². The van der Waals surface area contributed by atoms with Gasteiger partial charge in [0.05, 0.1) is 5.56 Å². The fraction of sp³-hybridized carbons (Fsp3) is 0.364. The monoisotopic (exact) mass is 190 g/mol. The Hall–Kier alpha value is -1.53. The third-order valence-electron chi connectivity index (χ3n) is 1.77. The van der Waals surface area contributed by atoms with Crippen LogP contribution < -0.4 is 10.9 Å². The number of hydrogen-bond donors (Lipinski definition) is 2. The van der Waals surface area contributed by atoms with Gasteiger partial charge in [0.15, 0.2) is 0 Å². The topological polar surface area (TPSA) is 44.9 Å². The van der Waals surface area contributed by atoms with E-state index in [2.05, 4.69) is 22.1 Å². The Bertz CT molecular complexity index is 409. The van der Waals surface area contributed by atoms with Crippen molar-refractivity contribution in [3.8, 4) is 11.8 Å². The molecule has 1 heterocycles. The summed E-state index contributed by atoms with van der Waals surface area (Å²) in [6, 6.07) is 1.80. The number of pyridine rings is 1. The Kier molecular flexibility index (Phi) is 3.96. The summed E-state index contributed by atoms with van der Waals surface area (Å²) in [7, 11) is 1.88. The van der Waals surface area contributed by atoms with E-state index in [1.165, 1.54) is 0 Å². The van der Waals surface area contributed by atoms with Gasteiger partial charge in [0.1, 0.15) is 0 Å². The summed E-state index contributed by atoms with van der Waals surface area (Å²) in [6.07, 6.45) is 2.44. The molecule has 1 aromatic heterocycles. The maximum absolute atomic E-state index is 11.3. The van der Waals surface area contributed by atoms with Crippen LogP contribution >= 0.6 is 0 Å². The van der Waals surface area contributed by atoms with Crippen LogP contribution in [0.1, 0.15) is 17.5 Å². The van der Waals surface area contributed by atoms with Crippen LogP contribution in [-0.4, -0.2) is 18.6 Å². The minimum absolute atomic E-state index is 0.118. The molecule has 0 radical (unpaired) electrons. The highest BCUT2D eigenvalue weighted by Crippen LogP contribution is 1.93. The smallest absolute Gasteiger partial charge is 0.263 e. The highest BCUT2D eigenvalue weighted by molar-refractivity contribution is 5.33. The number of aryl methyl sites for hydroxylation is 1. The first-order valence-electron chi connectivity index (χ1n) is 4.57. The maximum atomic E-state index is 11.3. The molecule has 0 aliphatic carbocycles.